The summed E-state index contributed by atoms with van der Waals surface area (Å²) >= 11 is 0. The number of piperidine rings is 2. The highest BCUT2D eigenvalue weighted by molar-refractivity contribution is 6.23. The van der Waals surface area contributed by atoms with Crippen molar-refractivity contribution in [3.05, 3.63) is 94.7 Å². The van der Waals surface area contributed by atoms with Crippen LogP contribution in [0.15, 0.2) is 66.9 Å². The SMILES string of the molecule is C[C@@H]1CN(c2ccc3c(c2)C(=O)N(C2CCC(=O)NC2=O)C3=O)CCN1CC1CCN(c2ccc(C(=O)N[C@H]3C(C)(C)[C@@H]4Oc5ccc(C#N)c6nccc(c56)C34C)cc2)CC1. The molecule has 3 aromatic carbocycles. The van der Waals surface area contributed by atoms with Crippen LogP contribution in [-0.4, -0.2) is 108 Å². The summed E-state index contributed by atoms with van der Waals surface area (Å²) in [4.78, 5) is 77.4. The first-order chi connectivity index (χ1) is 29.8. The van der Waals surface area contributed by atoms with E-state index in [0.29, 0.717) is 33.7 Å². The van der Waals surface area contributed by atoms with Gasteiger partial charge in [-0.15, -0.1) is 0 Å². The van der Waals surface area contributed by atoms with Gasteiger partial charge in [-0.25, -0.2) is 0 Å². The number of hydrogen-bond acceptors (Lipinski definition) is 11. The van der Waals surface area contributed by atoms with Gasteiger partial charge >= 0.3 is 0 Å². The largest absolute Gasteiger partial charge is 0.488 e. The molecular formula is C48H50N8O6. The topological polar surface area (TPSA) is 168 Å². The highest BCUT2D eigenvalue weighted by atomic mass is 16.5. The molecule has 3 saturated heterocycles. The molecule has 2 unspecified atom stereocenters. The molecule has 14 heteroatoms. The Labute approximate surface area is 360 Å². The number of pyridine rings is 1. The fourth-order valence-electron chi connectivity index (χ4n) is 11.6. The van der Waals surface area contributed by atoms with Crippen LogP contribution in [0.1, 0.15) is 95.6 Å². The number of imide groups is 2. The number of rotatable bonds is 7. The van der Waals surface area contributed by atoms with Gasteiger partial charge in [0, 0.05) is 85.7 Å². The summed E-state index contributed by atoms with van der Waals surface area (Å²) in [6, 6.07) is 20.3. The van der Waals surface area contributed by atoms with Gasteiger partial charge in [0.15, 0.2) is 0 Å². The number of nitrogens with one attached hydrogen (secondary N) is 2. The number of anilines is 2. The third kappa shape index (κ3) is 6.14. The van der Waals surface area contributed by atoms with Crippen molar-refractivity contribution in [3.8, 4) is 11.8 Å². The molecule has 6 heterocycles. The van der Waals surface area contributed by atoms with Crippen molar-refractivity contribution in [1.82, 2.24) is 25.4 Å². The van der Waals surface area contributed by atoms with Crippen LogP contribution in [0.4, 0.5) is 11.4 Å². The molecule has 1 aliphatic carbocycles. The van der Waals surface area contributed by atoms with Crippen LogP contribution < -0.4 is 25.2 Å². The Morgan fingerprint density at radius 1 is 0.903 bits per heavy atom. The lowest BCUT2D eigenvalue weighted by Crippen LogP contribution is -2.78. The van der Waals surface area contributed by atoms with Gasteiger partial charge < -0.3 is 19.9 Å². The van der Waals surface area contributed by atoms with E-state index in [9.17, 15) is 29.2 Å². The van der Waals surface area contributed by atoms with Crippen LogP contribution in [0.25, 0.3) is 10.9 Å². The van der Waals surface area contributed by atoms with Gasteiger partial charge in [0.05, 0.1) is 33.7 Å². The first-order valence-electron chi connectivity index (χ1n) is 21.8. The lowest BCUT2D eigenvalue weighted by molar-refractivity contribution is -0.136. The molecule has 0 radical (unpaired) electrons. The zero-order chi connectivity index (χ0) is 43.2. The number of benzene rings is 3. The molecule has 62 heavy (non-hydrogen) atoms. The van der Waals surface area contributed by atoms with Crippen molar-refractivity contribution in [2.75, 3.05) is 49.1 Å². The third-order valence-corrected chi connectivity index (χ3v) is 14.8. The van der Waals surface area contributed by atoms with Gasteiger partial charge in [-0.05, 0) is 105 Å². The number of ether oxygens (including phenoxy) is 1. The molecule has 0 spiro atoms. The van der Waals surface area contributed by atoms with Gasteiger partial charge in [-0.2, -0.15) is 5.26 Å². The van der Waals surface area contributed by atoms with E-state index in [1.54, 1.807) is 24.4 Å². The molecule has 0 bridgehead atoms. The predicted octanol–water partition coefficient (Wildman–Crippen LogP) is 4.79. The molecule has 1 aromatic heterocycles. The van der Waals surface area contributed by atoms with Crippen molar-refractivity contribution < 1.29 is 28.7 Å². The quantitative estimate of drug-likeness (QED) is 0.246. The van der Waals surface area contributed by atoms with E-state index in [1.165, 1.54) is 0 Å². The molecule has 14 nitrogen and oxygen atoms in total. The number of nitriles is 1. The normalized spacial score (nSPS) is 26.9. The standard InChI is InChI=1S/C48H50N8O6/c1-27-25-55(32-10-11-33-34(23-32)44(61)56(43(33)60)36-12-14-38(57)51-42(36)59)22-21-54(27)26-28-16-19-53(20-17-28)31-8-5-29(6-9-31)41(58)52-45-47(2,3)46-48(45,4)35-15-18-50-40-30(24-49)7-13-37(62-46)39(35)40/h5-11,13,15,18,23,27-28,36,45-46H,12,14,16-17,19-22,25-26H2,1-4H3,(H,52,58)(H,51,57,59)/t27-,36?,45+,46+,48?/m1/s1. The predicted molar refractivity (Wildman–Crippen MR) is 231 cm³/mol. The molecule has 318 valence electrons. The zero-order valence-corrected chi connectivity index (χ0v) is 35.4. The molecular weight excluding hydrogens is 785 g/mol. The Balaban J connectivity index is 0.729. The smallest absolute Gasteiger partial charge is 0.262 e. The van der Waals surface area contributed by atoms with Crippen molar-refractivity contribution in [3.63, 3.8) is 0 Å². The summed E-state index contributed by atoms with van der Waals surface area (Å²) in [7, 11) is 0. The summed E-state index contributed by atoms with van der Waals surface area (Å²) in [5.74, 6) is -0.817. The lowest BCUT2D eigenvalue weighted by Gasteiger charge is -2.66. The Bertz CT molecular complexity index is 2610. The van der Waals surface area contributed by atoms with Crippen molar-refractivity contribution in [1.29, 1.82) is 5.26 Å². The molecule has 1 saturated carbocycles. The average molecular weight is 835 g/mol. The number of piperazine rings is 1. The molecule has 5 atom stereocenters. The van der Waals surface area contributed by atoms with Gasteiger partial charge in [0.25, 0.3) is 17.7 Å². The van der Waals surface area contributed by atoms with E-state index in [-0.39, 0.29) is 42.4 Å². The van der Waals surface area contributed by atoms with E-state index >= 15 is 0 Å². The van der Waals surface area contributed by atoms with Crippen molar-refractivity contribution >= 4 is 51.8 Å². The summed E-state index contributed by atoms with van der Waals surface area (Å²) in [6.45, 7) is 14.0. The third-order valence-electron chi connectivity index (χ3n) is 14.8. The lowest BCUT2D eigenvalue weighted by atomic mass is 9.45. The molecule has 4 fully saturated rings. The van der Waals surface area contributed by atoms with Crippen LogP contribution in [0.5, 0.6) is 5.75 Å². The molecule has 6 aliphatic rings. The number of nitrogens with zero attached hydrogens (tertiary/aromatic N) is 6. The molecule has 5 amide bonds. The van der Waals surface area contributed by atoms with Gasteiger partial charge in [-0.3, -0.25) is 44.1 Å². The number of hydrogen-bond donors (Lipinski definition) is 2. The van der Waals surface area contributed by atoms with E-state index in [0.717, 1.165) is 85.1 Å². The number of aromatic nitrogens is 1. The highest BCUT2D eigenvalue weighted by Crippen LogP contribution is 2.61. The van der Waals surface area contributed by atoms with Crippen molar-refractivity contribution in [2.24, 2.45) is 11.3 Å². The van der Waals surface area contributed by atoms with Gasteiger partial charge in [0.2, 0.25) is 11.8 Å². The summed E-state index contributed by atoms with van der Waals surface area (Å²) < 4.78 is 6.59. The maximum atomic E-state index is 13.9. The average Bonchev–Trinajstić information content (AvgIpc) is 3.52. The maximum Gasteiger partial charge on any atom is 0.262 e. The minimum Gasteiger partial charge on any atom is -0.488 e. The van der Waals surface area contributed by atoms with E-state index in [1.807, 2.05) is 30.3 Å². The minimum atomic E-state index is -0.981. The zero-order valence-electron chi connectivity index (χ0n) is 35.4. The van der Waals surface area contributed by atoms with E-state index in [2.05, 4.69) is 76.2 Å². The second-order valence-corrected chi connectivity index (χ2v) is 18.8. The summed E-state index contributed by atoms with van der Waals surface area (Å²) in [6.07, 6.45) is 3.95. The van der Waals surface area contributed by atoms with E-state index < -0.39 is 35.1 Å². The second-order valence-electron chi connectivity index (χ2n) is 18.8. The number of fused-ring (bicyclic) bond motifs is 3. The number of carbonyl (C=O) groups is 5. The minimum absolute atomic E-state index is 0.0878. The van der Waals surface area contributed by atoms with Crippen LogP contribution in [-0.2, 0) is 15.0 Å². The molecule has 10 rings (SSSR count). The van der Waals surface area contributed by atoms with Gasteiger partial charge in [0.1, 0.15) is 24.0 Å². The summed E-state index contributed by atoms with van der Waals surface area (Å²) in [5, 5.41) is 16.2. The number of amides is 5. The van der Waals surface area contributed by atoms with E-state index in [4.69, 9.17) is 4.74 Å². The highest BCUT2D eigenvalue weighted by Gasteiger charge is 2.69. The first-order valence-corrected chi connectivity index (χ1v) is 21.8. The Morgan fingerprint density at radius 2 is 1.65 bits per heavy atom. The molecule has 4 aromatic rings. The molecule has 5 aliphatic heterocycles. The Morgan fingerprint density at radius 3 is 2.37 bits per heavy atom. The van der Waals surface area contributed by atoms with Crippen LogP contribution >= 0.6 is 0 Å². The first kappa shape index (κ1) is 39.8. The maximum absolute atomic E-state index is 13.9. The Hall–Kier alpha value is -6.33. The van der Waals surface area contributed by atoms with Crippen molar-refractivity contribution in [2.45, 2.75) is 83.0 Å². The fraction of sp³-hybridized carbons (Fsp3) is 0.438. The van der Waals surface area contributed by atoms with Crippen LogP contribution in [0.2, 0.25) is 0 Å². The van der Waals surface area contributed by atoms with Crippen LogP contribution in [0.3, 0.4) is 0 Å². The number of carbonyl (C=O) groups excluding carboxylic acids is 5. The van der Waals surface area contributed by atoms with Crippen LogP contribution in [0, 0.1) is 22.7 Å². The fourth-order valence-corrected chi connectivity index (χ4v) is 11.6. The van der Waals surface area contributed by atoms with Gasteiger partial charge in [-0.1, -0.05) is 13.8 Å². The summed E-state index contributed by atoms with van der Waals surface area (Å²) in [5.41, 5.74) is 4.51. The second kappa shape index (κ2) is 14.7. The Kier molecular flexibility index (Phi) is 9.40. The monoisotopic (exact) mass is 834 g/mol. The molecule has 2 N–H and O–H groups in total.